The van der Waals surface area contributed by atoms with Gasteiger partial charge in [0.15, 0.2) is 0 Å². The van der Waals surface area contributed by atoms with Gasteiger partial charge in [0.2, 0.25) is 0 Å². The molecule has 1 N–H and O–H groups in total. The van der Waals surface area contributed by atoms with Crippen LogP contribution in [0, 0.1) is 23.0 Å². The smallest absolute Gasteiger partial charge is 0.295 e. The fourth-order valence-corrected chi connectivity index (χ4v) is 2.16. The first kappa shape index (κ1) is 15.2. The van der Waals surface area contributed by atoms with Crippen LogP contribution in [0.5, 0.6) is 0 Å². The van der Waals surface area contributed by atoms with Gasteiger partial charge in [-0.15, -0.1) is 0 Å². The summed E-state index contributed by atoms with van der Waals surface area (Å²) in [6.07, 6.45) is 1.77. The van der Waals surface area contributed by atoms with Crippen molar-refractivity contribution in [3.05, 3.63) is 51.8 Å². The number of hydrogen-bond donors (Lipinski definition) is 1. The van der Waals surface area contributed by atoms with Crippen LogP contribution in [0.3, 0.4) is 0 Å². The minimum Gasteiger partial charge on any atom is -0.311 e. The molecule has 1 aromatic heterocycles. The maximum atomic E-state index is 11.2. The van der Waals surface area contributed by atoms with E-state index in [2.05, 4.69) is 24.3 Å². The van der Waals surface area contributed by atoms with Gasteiger partial charge in [-0.05, 0) is 31.0 Å². The van der Waals surface area contributed by atoms with Gasteiger partial charge in [-0.2, -0.15) is 5.10 Å². The average molecular weight is 288 g/mol. The number of nitrogens with zero attached hydrogens (tertiary/aromatic N) is 3. The minimum absolute atomic E-state index is 0.0692. The summed E-state index contributed by atoms with van der Waals surface area (Å²) in [5.74, 6) is 0.574. The molecule has 2 aromatic rings. The largest absolute Gasteiger partial charge is 0.311 e. The van der Waals surface area contributed by atoms with E-state index < -0.39 is 0 Å². The lowest BCUT2D eigenvalue weighted by atomic mass is 10.1. The van der Waals surface area contributed by atoms with Crippen LogP contribution in [0.4, 0.5) is 5.69 Å². The summed E-state index contributed by atoms with van der Waals surface area (Å²) >= 11 is 0. The Balaban J connectivity index is 2.24. The molecule has 21 heavy (non-hydrogen) atoms. The number of nitro benzene ring substituents is 1. The molecule has 1 heterocycles. The lowest BCUT2D eigenvalue weighted by Crippen LogP contribution is -2.19. The van der Waals surface area contributed by atoms with Crippen LogP contribution in [-0.2, 0) is 6.54 Å². The van der Waals surface area contributed by atoms with E-state index >= 15 is 0 Å². The van der Waals surface area contributed by atoms with Crippen LogP contribution in [0.15, 0.2) is 30.5 Å². The van der Waals surface area contributed by atoms with Crippen LogP contribution in [0.2, 0.25) is 0 Å². The molecule has 0 unspecified atom stereocenters. The number of para-hydroxylation sites is 1. The van der Waals surface area contributed by atoms with Gasteiger partial charge in [0.05, 0.1) is 10.6 Å². The highest BCUT2D eigenvalue weighted by Gasteiger charge is 2.18. The van der Waals surface area contributed by atoms with Gasteiger partial charge < -0.3 is 5.32 Å². The molecule has 0 saturated heterocycles. The van der Waals surface area contributed by atoms with E-state index in [1.165, 1.54) is 6.07 Å². The van der Waals surface area contributed by atoms with Gasteiger partial charge in [-0.3, -0.25) is 10.1 Å². The Bertz CT molecular complexity index is 634. The van der Waals surface area contributed by atoms with Crippen LogP contribution >= 0.6 is 0 Å². The predicted octanol–water partition coefficient (Wildman–Crippen LogP) is 2.83. The Labute approximate surface area is 123 Å². The highest BCUT2D eigenvalue weighted by Crippen LogP contribution is 2.25. The molecule has 0 aliphatic carbocycles. The summed E-state index contributed by atoms with van der Waals surface area (Å²) in [6, 6.07) is 6.91. The lowest BCUT2D eigenvalue weighted by Gasteiger charge is -2.07. The Morgan fingerprint density at radius 1 is 1.38 bits per heavy atom. The Morgan fingerprint density at radius 3 is 2.81 bits per heavy atom. The summed E-state index contributed by atoms with van der Waals surface area (Å²) in [6.45, 7) is 7.70. The second-order valence-electron chi connectivity index (χ2n) is 5.48. The third-order valence-electron chi connectivity index (χ3n) is 3.15. The highest BCUT2D eigenvalue weighted by atomic mass is 16.6. The monoisotopic (exact) mass is 288 g/mol. The first-order chi connectivity index (χ1) is 9.99. The molecule has 0 saturated carbocycles. The third kappa shape index (κ3) is 3.66. The zero-order chi connectivity index (χ0) is 15.4. The second kappa shape index (κ2) is 6.49. The molecule has 112 valence electrons. The van der Waals surface area contributed by atoms with Crippen molar-refractivity contribution in [3.63, 3.8) is 0 Å². The number of rotatable bonds is 6. The molecule has 0 atom stereocenters. The van der Waals surface area contributed by atoms with E-state index in [9.17, 15) is 10.1 Å². The van der Waals surface area contributed by atoms with E-state index in [0.717, 1.165) is 17.8 Å². The van der Waals surface area contributed by atoms with E-state index in [4.69, 9.17) is 0 Å². The van der Waals surface area contributed by atoms with E-state index in [-0.39, 0.29) is 10.6 Å². The Kier molecular flexibility index (Phi) is 4.70. The van der Waals surface area contributed by atoms with Crippen molar-refractivity contribution >= 4 is 5.69 Å². The maximum absolute atomic E-state index is 11.2. The van der Waals surface area contributed by atoms with Crippen LogP contribution < -0.4 is 5.32 Å². The minimum atomic E-state index is -0.374. The van der Waals surface area contributed by atoms with Crippen LogP contribution in [0.25, 0.3) is 5.69 Å². The van der Waals surface area contributed by atoms with Gasteiger partial charge in [0.25, 0.3) is 5.69 Å². The standard InChI is InChI=1S/C15H20N4O2/c1-11(2)9-16-10-13-7-8-18(17-13)15-12(3)5-4-6-14(15)19(20)21/h4-8,11,16H,9-10H2,1-3H3. The predicted molar refractivity (Wildman–Crippen MR) is 81.5 cm³/mol. The molecule has 6 heteroatoms. The molecule has 2 rings (SSSR count). The SMILES string of the molecule is Cc1cccc([N+](=O)[O-])c1-n1ccc(CNCC(C)C)n1. The summed E-state index contributed by atoms with van der Waals surface area (Å²) < 4.78 is 1.58. The van der Waals surface area contributed by atoms with Gasteiger partial charge in [-0.25, -0.2) is 4.68 Å². The van der Waals surface area contributed by atoms with Crippen molar-refractivity contribution in [1.29, 1.82) is 0 Å². The molecule has 0 spiro atoms. The topological polar surface area (TPSA) is 73.0 Å². The zero-order valence-corrected chi connectivity index (χ0v) is 12.5. The molecule has 6 nitrogen and oxygen atoms in total. The van der Waals surface area contributed by atoms with Gasteiger partial charge >= 0.3 is 0 Å². The molecule has 0 aliphatic heterocycles. The molecular formula is C15H20N4O2. The third-order valence-corrected chi connectivity index (χ3v) is 3.15. The molecule has 0 fully saturated rings. The molecule has 1 aromatic carbocycles. The Hall–Kier alpha value is -2.21. The van der Waals surface area contributed by atoms with Crippen molar-refractivity contribution in [1.82, 2.24) is 15.1 Å². The number of aromatic nitrogens is 2. The summed E-state index contributed by atoms with van der Waals surface area (Å²) in [4.78, 5) is 10.8. The fraction of sp³-hybridized carbons (Fsp3) is 0.400. The molecule has 0 radical (unpaired) electrons. The average Bonchev–Trinajstić information content (AvgIpc) is 2.86. The fourth-order valence-electron chi connectivity index (χ4n) is 2.16. The van der Waals surface area contributed by atoms with Crippen molar-refractivity contribution in [3.8, 4) is 5.69 Å². The highest BCUT2D eigenvalue weighted by molar-refractivity contribution is 5.56. The summed E-state index contributed by atoms with van der Waals surface area (Å²) in [5.41, 5.74) is 2.29. The normalized spacial score (nSPS) is 11.0. The first-order valence-electron chi connectivity index (χ1n) is 6.98. The van der Waals surface area contributed by atoms with Crippen molar-refractivity contribution in [2.75, 3.05) is 6.54 Å². The molecule has 0 bridgehead atoms. The summed E-state index contributed by atoms with van der Waals surface area (Å²) in [5, 5.41) is 18.9. The zero-order valence-electron chi connectivity index (χ0n) is 12.5. The number of hydrogen-bond acceptors (Lipinski definition) is 4. The van der Waals surface area contributed by atoms with Gasteiger partial charge in [0.1, 0.15) is 5.69 Å². The first-order valence-corrected chi connectivity index (χ1v) is 6.98. The van der Waals surface area contributed by atoms with Crippen molar-refractivity contribution in [2.45, 2.75) is 27.3 Å². The molecular weight excluding hydrogens is 268 g/mol. The van der Waals surface area contributed by atoms with Crippen molar-refractivity contribution in [2.24, 2.45) is 5.92 Å². The van der Waals surface area contributed by atoms with Crippen molar-refractivity contribution < 1.29 is 4.92 Å². The molecule has 0 amide bonds. The quantitative estimate of drug-likeness (QED) is 0.655. The van der Waals surface area contributed by atoms with E-state index in [1.54, 1.807) is 16.9 Å². The maximum Gasteiger partial charge on any atom is 0.295 e. The van der Waals surface area contributed by atoms with Gasteiger partial charge in [0, 0.05) is 18.8 Å². The number of benzene rings is 1. The lowest BCUT2D eigenvalue weighted by molar-refractivity contribution is -0.384. The number of nitrogens with one attached hydrogen (secondary N) is 1. The van der Waals surface area contributed by atoms with Gasteiger partial charge in [-0.1, -0.05) is 26.0 Å². The summed E-state index contributed by atoms with van der Waals surface area (Å²) in [7, 11) is 0. The molecule has 0 aliphatic rings. The number of aryl methyl sites for hydroxylation is 1. The number of nitro groups is 1. The van der Waals surface area contributed by atoms with E-state index in [1.807, 2.05) is 19.1 Å². The van der Waals surface area contributed by atoms with Crippen LogP contribution in [0.1, 0.15) is 25.1 Å². The van der Waals surface area contributed by atoms with Crippen LogP contribution in [-0.4, -0.2) is 21.2 Å². The Morgan fingerprint density at radius 2 is 2.14 bits per heavy atom. The second-order valence-corrected chi connectivity index (χ2v) is 5.48. The van der Waals surface area contributed by atoms with E-state index in [0.29, 0.717) is 18.2 Å².